The van der Waals surface area contributed by atoms with Crippen molar-refractivity contribution in [3.8, 4) is 0 Å². The van der Waals surface area contributed by atoms with E-state index in [-0.39, 0.29) is 12.5 Å². The predicted molar refractivity (Wildman–Crippen MR) is 373 cm³/mol. The van der Waals surface area contributed by atoms with Gasteiger partial charge in [0.05, 0.1) is 25.4 Å². The number of aliphatic hydroxyl groups is 5. The van der Waals surface area contributed by atoms with Crippen LogP contribution in [-0.2, 0) is 14.3 Å². The summed E-state index contributed by atoms with van der Waals surface area (Å²) in [4.78, 5) is 13.1. The van der Waals surface area contributed by atoms with E-state index >= 15 is 0 Å². The van der Waals surface area contributed by atoms with Crippen molar-refractivity contribution in [2.75, 3.05) is 13.2 Å². The maximum atomic E-state index is 13.1. The summed E-state index contributed by atoms with van der Waals surface area (Å²) in [7, 11) is 0. The minimum Gasteiger partial charge on any atom is -0.394 e. The van der Waals surface area contributed by atoms with Gasteiger partial charge in [-0.25, -0.2) is 0 Å². The highest BCUT2D eigenvalue weighted by atomic mass is 16.7. The quantitative estimate of drug-likeness (QED) is 0.0261. The van der Waals surface area contributed by atoms with Crippen molar-refractivity contribution < 1.29 is 39.8 Å². The summed E-state index contributed by atoms with van der Waals surface area (Å²) in [6, 6.07) is -0.832. The SMILES string of the molecule is CC/C=C\C/C=C\C/C=C\C/C=C\C/C=C\C/C=C\C/C=C\C/C=C\CCCCCCCCCCCCCCC(=O)NC(COC1OC(CO)C(O)C(O)C1O)C(O)/C=C/CC/C=C/CCCCCCCCCCCCCCCCCCCCCCC. The van der Waals surface area contributed by atoms with E-state index in [4.69, 9.17) is 9.47 Å². The molecule has 7 atom stereocenters. The second-order valence-electron chi connectivity index (χ2n) is 24.6. The molecule has 9 heteroatoms. The van der Waals surface area contributed by atoms with Crippen LogP contribution in [0.3, 0.4) is 0 Å². The molecule has 0 aromatic carbocycles. The molecule has 0 radical (unpaired) electrons. The summed E-state index contributed by atoms with van der Waals surface area (Å²) >= 11 is 0. The van der Waals surface area contributed by atoms with E-state index in [2.05, 4.69) is 129 Å². The van der Waals surface area contributed by atoms with Gasteiger partial charge in [0.15, 0.2) is 6.29 Å². The molecule has 87 heavy (non-hydrogen) atoms. The highest BCUT2D eigenvalue weighted by Crippen LogP contribution is 2.23. The molecule has 9 nitrogen and oxygen atoms in total. The van der Waals surface area contributed by atoms with Gasteiger partial charge >= 0.3 is 0 Å². The molecule has 0 bridgehead atoms. The first-order chi connectivity index (χ1) is 42.8. The zero-order valence-corrected chi connectivity index (χ0v) is 56.0. The molecular weight excluding hydrogens is 1080 g/mol. The van der Waals surface area contributed by atoms with Gasteiger partial charge in [-0.15, -0.1) is 0 Å². The highest BCUT2D eigenvalue weighted by molar-refractivity contribution is 5.76. The Morgan fingerprint density at radius 3 is 1.10 bits per heavy atom. The number of ether oxygens (including phenoxy) is 2. The molecule has 6 N–H and O–H groups in total. The Balaban J connectivity index is 2.15. The lowest BCUT2D eigenvalue weighted by Crippen LogP contribution is -2.60. The number of unbranched alkanes of at least 4 members (excludes halogenated alkanes) is 34. The molecule has 7 unspecified atom stereocenters. The minimum atomic E-state index is -1.58. The lowest BCUT2D eigenvalue weighted by Gasteiger charge is -2.40. The molecule has 0 saturated carbocycles. The molecule has 0 aromatic rings. The fourth-order valence-corrected chi connectivity index (χ4v) is 10.9. The fraction of sp³-hybridized carbons (Fsp3) is 0.731. The van der Waals surface area contributed by atoms with Crippen LogP contribution in [0.15, 0.2) is 122 Å². The number of amides is 1. The third-order valence-electron chi connectivity index (χ3n) is 16.5. The van der Waals surface area contributed by atoms with Gasteiger partial charge in [-0.2, -0.15) is 0 Å². The minimum absolute atomic E-state index is 0.190. The van der Waals surface area contributed by atoms with Crippen LogP contribution in [0.1, 0.15) is 309 Å². The Bertz CT molecular complexity index is 1790. The van der Waals surface area contributed by atoms with Crippen LogP contribution in [0.5, 0.6) is 0 Å². The van der Waals surface area contributed by atoms with E-state index in [1.807, 2.05) is 6.08 Å². The van der Waals surface area contributed by atoms with Crippen molar-refractivity contribution >= 4 is 5.91 Å². The van der Waals surface area contributed by atoms with E-state index in [9.17, 15) is 30.3 Å². The van der Waals surface area contributed by atoms with Gasteiger partial charge in [0.1, 0.15) is 24.4 Å². The highest BCUT2D eigenvalue weighted by Gasteiger charge is 2.44. The average Bonchev–Trinajstić information content (AvgIpc) is 3.37. The molecule has 1 amide bonds. The number of rotatable bonds is 62. The van der Waals surface area contributed by atoms with E-state index < -0.39 is 49.5 Å². The van der Waals surface area contributed by atoms with Gasteiger partial charge in [-0.3, -0.25) is 4.79 Å². The molecule has 500 valence electrons. The molecule has 1 rings (SSSR count). The van der Waals surface area contributed by atoms with Gasteiger partial charge in [0.2, 0.25) is 5.91 Å². The lowest BCUT2D eigenvalue weighted by molar-refractivity contribution is -0.302. The summed E-state index contributed by atoms with van der Waals surface area (Å²) in [6.07, 6.45) is 91.6. The molecule has 1 aliphatic rings. The van der Waals surface area contributed by atoms with Crippen LogP contribution in [-0.4, -0.2) is 87.5 Å². The Morgan fingerprint density at radius 2 is 0.724 bits per heavy atom. The second kappa shape index (κ2) is 65.5. The zero-order chi connectivity index (χ0) is 62.8. The third-order valence-corrected chi connectivity index (χ3v) is 16.5. The maximum absolute atomic E-state index is 13.1. The Morgan fingerprint density at radius 1 is 0.402 bits per heavy atom. The van der Waals surface area contributed by atoms with Crippen LogP contribution in [0.4, 0.5) is 0 Å². The average molecular weight is 1210 g/mol. The maximum Gasteiger partial charge on any atom is 0.220 e. The molecule has 1 aliphatic heterocycles. The zero-order valence-electron chi connectivity index (χ0n) is 56.0. The first-order valence-electron chi connectivity index (χ1n) is 36.3. The Hall–Kier alpha value is -3.41. The molecule has 0 aliphatic carbocycles. The third kappa shape index (κ3) is 54.1. The lowest BCUT2D eigenvalue weighted by atomic mass is 9.99. The Labute approximate surface area is 535 Å². The predicted octanol–water partition coefficient (Wildman–Crippen LogP) is 20.2. The number of carbonyl (C=O) groups is 1. The van der Waals surface area contributed by atoms with Crippen molar-refractivity contribution in [1.82, 2.24) is 5.32 Å². The van der Waals surface area contributed by atoms with Crippen molar-refractivity contribution in [3.63, 3.8) is 0 Å². The molecule has 1 heterocycles. The smallest absolute Gasteiger partial charge is 0.220 e. The van der Waals surface area contributed by atoms with Gasteiger partial charge in [0.25, 0.3) is 0 Å². The summed E-state index contributed by atoms with van der Waals surface area (Å²) in [5.74, 6) is -0.190. The summed E-state index contributed by atoms with van der Waals surface area (Å²) < 4.78 is 11.3. The van der Waals surface area contributed by atoms with Gasteiger partial charge in [0, 0.05) is 6.42 Å². The molecule has 1 saturated heterocycles. The number of aliphatic hydroxyl groups excluding tert-OH is 5. The number of carbonyl (C=O) groups excluding carboxylic acids is 1. The second-order valence-corrected chi connectivity index (χ2v) is 24.6. The van der Waals surface area contributed by atoms with E-state index in [0.29, 0.717) is 6.42 Å². The first-order valence-corrected chi connectivity index (χ1v) is 36.3. The number of allylic oxidation sites excluding steroid dienone is 19. The number of nitrogens with one attached hydrogen (secondary N) is 1. The van der Waals surface area contributed by atoms with Gasteiger partial charge in [-0.05, 0) is 96.3 Å². The van der Waals surface area contributed by atoms with Crippen LogP contribution >= 0.6 is 0 Å². The van der Waals surface area contributed by atoms with Crippen molar-refractivity contribution in [2.24, 2.45) is 0 Å². The van der Waals surface area contributed by atoms with Crippen LogP contribution in [0, 0.1) is 0 Å². The summed E-state index contributed by atoms with van der Waals surface area (Å²) in [5, 5.41) is 54.8. The van der Waals surface area contributed by atoms with Crippen molar-refractivity contribution in [1.29, 1.82) is 0 Å². The molecule has 0 aromatic heterocycles. The van der Waals surface area contributed by atoms with Gasteiger partial charge in [-0.1, -0.05) is 328 Å². The standard InChI is InChI=1S/C78H135NO8/c1-3-5-7-9-11-13-15-17-19-21-23-25-27-29-31-32-33-34-35-36-37-38-39-40-42-44-46-48-50-52-54-56-58-60-62-64-66-68-74(82)79-71(70-86-78-77(85)76(84)75(83)73(69-80)87-78)72(81)67-65-63-61-59-57-55-53-51-49-47-45-43-41-30-28-26-24-22-20-18-16-14-12-10-8-6-4-2/h5,7,11,13,17,19,23,25,29,31,33-34,36-37,39-40,57,59,65,67,71-73,75-78,80-81,83-85H,3-4,6,8-10,12,14-16,18,20-22,24,26-28,30,32,35,38,41-56,58,60-64,66,68-70H2,1-2H3,(H,79,82)/b7-5-,13-11-,19-17-,25-23-,31-29-,34-33-,37-36-,40-39-,59-57+,67-65+. The largest absolute Gasteiger partial charge is 0.394 e. The van der Waals surface area contributed by atoms with E-state index in [0.717, 1.165) is 89.9 Å². The fourth-order valence-electron chi connectivity index (χ4n) is 10.9. The number of hydrogen-bond acceptors (Lipinski definition) is 8. The molecule has 0 spiro atoms. The van der Waals surface area contributed by atoms with Crippen LogP contribution in [0.25, 0.3) is 0 Å². The van der Waals surface area contributed by atoms with Gasteiger partial charge < -0.3 is 40.3 Å². The van der Waals surface area contributed by atoms with Crippen LogP contribution in [0.2, 0.25) is 0 Å². The van der Waals surface area contributed by atoms with E-state index in [1.54, 1.807) is 6.08 Å². The van der Waals surface area contributed by atoms with Crippen molar-refractivity contribution in [2.45, 2.75) is 352 Å². The topological polar surface area (TPSA) is 149 Å². The number of hydrogen-bond donors (Lipinski definition) is 6. The Kier molecular flexibility index (Phi) is 61.5. The normalized spacial score (nSPS) is 18.7. The van der Waals surface area contributed by atoms with Crippen LogP contribution < -0.4 is 5.32 Å². The molecule has 1 fully saturated rings. The molecular formula is C78H135NO8. The summed E-state index contributed by atoms with van der Waals surface area (Å²) in [6.45, 7) is 3.67. The van der Waals surface area contributed by atoms with E-state index in [1.165, 1.54) is 199 Å². The monoisotopic (exact) mass is 1210 g/mol. The summed E-state index contributed by atoms with van der Waals surface area (Å²) in [5.41, 5.74) is 0. The van der Waals surface area contributed by atoms with Crippen molar-refractivity contribution in [3.05, 3.63) is 122 Å². The first kappa shape index (κ1) is 81.6.